The highest BCUT2D eigenvalue weighted by Crippen LogP contribution is 2.26. The molecule has 69 heavy (non-hydrogen) atoms. The third-order valence-corrected chi connectivity index (χ3v) is 11.6. The Hall–Kier alpha value is -3.32. The van der Waals surface area contributed by atoms with Crippen LogP contribution in [-0.2, 0) is 38.0 Å². The molecule has 2 aliphatic heterocycles. The summed E-state index contributed by atoms with van der Waals surface area (Å²) in [6, 6.07) is 0. The van der Waals surface area contributed by atoms with E-state index in [9.17, 15) is 45.3 Å². The van der Waals surface area contributed by atoms with E-state index in [4.69, 9.17) is 28.4 Å². The summed E-state index contributed by atoms with van der Waals surface area (Å²) in [5, 5.41) is 72.1. The minimum Gasteiger partial charge on any atom is -0.462 e. The van der Waals surface area contributed by atoms with E-state index in [-0.39, 0.29) is 19.4 Å². The van der Waals surface area contributed by atoms with Gasteiger partial charge in [0.25, 0.3) is 0 Å². The molecule has 0 aromatic heterocycles. The predicted octanol–water partition coefficient (Wildman–Crippen LogP) is 7.21. The average molecular weight is 977 g/mol. The number of hydrogen-bond donors (Lipinski definition) is 7. The van der Waals surface area contributed by atoms with Gasteiger partial charge in [0.15, 0.2) is 18.7 Å². The molecule has 2 aliphatic rings. The fourth-order valence-electron chi connectivity index (χ4n) is 7.38. The van der Waals surface area contributed by atoms with Gasteiger partial charge >= 0.3 is 11.9 Å². The Morgan fingerprint density at radius 1 is 0.478 bits per heavy atom. The fourth-order valence-corrected chi connectivity index (χ4v) is 7.38. The van der Waals surface area contributed by atoms with Crippen LogP contribution in [0.5, 0.6) is 0 Å². The van der Waals surface area contributed by atoms with Crippen molar-refractivity contribution >= 4 is 11.9 Å². The van der Waals surface area contributed by atoms with Crippen molar-refractivity contribution in [3.05, 3.63) is 85.1 Å². The van der Waals surface area contributed by atoms with Crippen LogP contribution in [0.4, 0.5) is 0 Å². The highest BCUT2D eigenvalue weighted by atomic mass is 16.7. The lowest BCUT2D eigenvalue weighted by molar-refractivity contribution is -0.332. The molecule has 394 valence electrons. The van der Waals surface area contributed by atoms with E-state index in [0.29, 0.717) is 12.8 Å². The highest BCUT2D eigenvalue weighted by Gasteiger charge is 2.47. The van der Waals surface area contributed by atoms with Gasteiger partial charge in [-0.2, -0.15) is 0 Å². The third-order valence-electron chi connectivity index (χ3n) is 11.6. The second kappa shape index (κ2) is 40.3. The zero-order chi connectivity index (χ0) is 50.3. The first-order chi connectivity index (χ1) is 33.5. The first-order valence-corrected chi connectivity index (χ1v) is 25.7. The van der Waals surface area contributed by atoms with Gasteiger partial charge in [0.2, 0.25) is 0 Å². The lowest BCUT2D eigenvalue weighted by atomic mass is 9.98. The summed E-state index contributed by atoms with van der Waals surface area (Å²) in [4.78, 5) is 25.8. The van der Waals surface area contributed by atoms with Crippen LogP contribution in [-0.4, -0.2) is 142 Å². The number of aliphatic hydroxyl groups excluding tert-OH is 7. The van der Waals surface area contributed by atoms with Crippen LogP contribution in [0.3, 0.4) is 0 Å². The summed E-state index contributed by atoms with van der Waals surface area (Å²) in [5.74, 6) is -0.988. The molecule has 2 rings (SSSR count). The van der Waals surface area contributed by atoms with Crippen molar-refractivity contribution in [2.75, 3.05) is 26.4 Å². The van der Waals surface area contributed by atoms with Gasteiger partial charge in [0.1, 0.15) is 55.4 Å². The van der Waals surface area contributed by atoms with Crippen molar-refractivity contribution in [2.45, 2.75) is 216 Å². The Morgan fingerprint density at radius 2 is 0.913 bits per heavy atom. The normalized spacial score (nSPS) is 26.3. The molecule has 11 atom stereocenters. The summed E-state index contributed by atoms with van der Waals surface area (Å²) in [7, 11) is 0. The summed E-state index contributed by atoms with van der Waals surface area (Å²) in [5.41, 5.74) is 0. The van der Waals surface area contributed by atoms with Gasteiger partial charge in [-0.25, -0.2) is 0 Å². The number of allylic oxidation sites excluding steroid dienone is 14. The molecule has 0 aromatic carbocycles. The first kappa shape index (κ1) is 61.8. The van der Waals surface area contributed by atoms with Crippen molar-refractivity contribution in [3.63, 3.8) is 0 Å². The van der Waals surface area contributed by atoms with Crippen LogP contribution in [0.25, 0.3) is 0 Å². The van der Waals surface area contributed by atoms with Gasteiger partial charge in [-0.15, -0.1) is 0 Å². The molecule has 15 nitrogen and oxygen atoms in total. The number of ether oxygens (including phenoxy) is 6. The SMILES string of the molecule is CC/C=C/C/C=C/C/C=C/C/C=C/C/C=C/CCCCCC(=O)OC[C@@H](CO[C@@H]1O[C@H](CO[C@@H]2O[C@H](CO)[C@H](O)C(O)C2O)[C@H](O)C(O)C1O)OC(=O)CCCCCCC/C=C/C/C=C/CCCC. The molecular weight excluding hydrogens is 889 g/mol. The third kappa shape index (κ3) is 28.3. The smallest absolute Gasteiger partial charge is 0.306 e. The van der Waals surface area contributed by atoms with E-state index in [1.54, 1.807) is 0 Å². The van der Waals surface area contributed by atoms with Crippen LogP contribution in [0.1, 0.15) is 149 Å². The lowest BCUT2D eigenvalue weighted by Gasteiger charge is -2.42. The number of carbonyl (C=O) groups excluding carboxylic acids is 2. The van der Waals surface area contributed by atoms with Gasteiger partial charge in [-0.1, -0.05) is 137 Å². The Bertz CT molecular complexity index is 1520. The van der Waals surface area contributed by atoms with Gasteiger partial charge in [0.05, 0.1) is 19.8 Å². The molecule has 0 amide bonds. The molecule has 0 bridgehead atoms. The first-order valence-electron chi connectivity index (χ1n) is 25.7. The molecule has 2 heterocycles. The monoisotopic (exact) mass is 977 g/mol. The summed E-state index contributed by atoms with van der Waals surface area (Å²) >= 11 is 0. The summed E-state index contributed by atoms with van der Waals surface area (Å²) < 4.78 is 33.5. The van der Waals surface area contributed by atoms with E-state index >= 15 is 0 Å². The Kier molecular flexibility index (Phi) is 36.1. The number of hydrogen-bond acceptors (Lipinski definition) is 15. The molecule has 0 saturated carbocycles. The van der Waals surface area contributed by atoms with Gasteiger partial charge in [0, 0.05) is 12.8 Å². The van der Waals surface area contributed by atoms with Gasteiger partial charge in [-0.3, -0.25) is 9.59 Å². The zero-order valence-corrected chi connectivity index (χ0v) is 41.5. The summed E-state index contributed by atoms with van der Waals surface area (Å²) in [6.45, 7) is 2.36. The topological polar surface area (TPSA) is 231 Å². The van der Waals surface area contributed by atoms with E-state index in [0.717, 1.165) is 96.3 Å². The molecule has 0 aromatic rings. The second-order valence-corrected chi connectivity index (χ2v) is 17.6. The molecule has 7 N–H and O–H groups in total. The summed E-state index contributed by atoms with van der Waals surface area (Å²) in [6.07, 6.45) is 31.8. The number of rotatable bonds is 38. The molecule has 0 radical (unpaired) electrons. The highest BCUT2D eigenvalue weighted by molar-refractivity contribution is 5.70. The standard InChI is InChI=1S/C54H88O15/c1-3-5-7-9-11-13-15-17-19-20-21-22-23-25-26-28-30-32-34-36-45(56)64-39-42(67-46(57)37-35-33-31-29-27-24-18-16-14-12-10-8-6-4-2)40-65-53-52(63)50(61)48(59)44(69-53)41-66-54-51(62)49(60)47(58)43(38-55)68-54/h5,7,10-13,16-19,21-22,25-26,42-44,47-55,58-63H,3-4,6,8-9,14-15,20,23-24,27-41H2,1-2H3/b7-5+,12-10+,13-11+,18-16+,19-17+,22-21+,26-25+/t42-,43+,44+,47-,48-,49?,50?,51?,52?,53+,54+/m0/s1. The maximum atomic E-state index is 13.0. The molecule has 2 saturated heterocycles. The number of carbonyl (C=O) groups is 2. The van der Waals surface area contributed by atoms with Crippen LogP contribution in [0, 0.1) is 0 Å². The van der Waals surface area contributed by atoms with Crippen molar-refractivity contribution in [2.24, 2.45) is 0 Å². The number of aliphatic hydroxyl groups is 7. The largest absolute Gasteiger partial charge is 0.462 e. The van der Waals surface area contributed by atoms with Crippen LogP contribution >= 0.6 is 0 Å². The Morgan fingerprint density at radius 3 is 1.45 bits per heavy atom. The van der Waals surface area contributed by atoms with Crippen molar-refractivity contribution in [1.82, 2.24) is 0 Å². The number of esters is 2. The molecule has 2 fully saturated rings. The molecular formula is C54H88O15. The molecule has 0 aliphatic carbocycles. The minimum atomic E-state index is -1.78. The van der Waals surface area contributed by atoms with Crippen LogP contribution in [0.15, 0.2) is 85.1 Å². The maximum absolute atomic E-state index is 13.0. The van der Waals surface area contributed by atoms with Gasteiger partial charge < -0.3 is 64.2 Å². The minimum absolute atomic E-state index is 0.136. The lowest BCUT2D eigenvalue weighted by Crippen LogP contribution is -2.61. The Labute approximate surface area is 412 Å². The molecule has 0 spiro atoms. The number of unbranched alkanes of at least 4 members (excludes halogenated alkanes) is 10. The van der Waals surface area contributed by atoms with E-state index in [1.807, 2.05) is 0 Å². The van der Waals surface area contributed by atoms with Crippen molar-refractivity contribution in [3.8, 4) is 0 Å². The van der Waals surface area contributed by atoms with E-state index in [1.165, 1.54) is 12.8 Å². The molecule has 4 unspecified atom stereocenters. The van der Waals surface area contributed by atoms with Crippen molar-refractivity contribution in [1.29, 1.82) is 0 Å². The fraction of sp³-hybridized carbons (Fsp3) is 0.704. The Balaban J connectivity index is 1.83. The van der Waals surface area contributed by atoms with E-state index in [2.05, 4.69) is 98.9 Å². The second-order valence-electron chi connectivity index (χ2n) is 17.6. The van der Waals surface area contributed by atoms with Crippen LogP contribution < -0.4 is 0 Å². The predicted molar refractivity (Wildman–Crippen MR) is 265 cm³/mol. The molecule has 15 heteroatoms. The quantitative estimate of drug-likeness (QED) is 0.0184. The van der Waals surface area contributed by atoms with E-state index < -0.39 is 99.3 Å². The van der Waals surface area contributed by atoms with Crippen LogP contribution in [0.2, 0.25) is 0 Å². The van der Waals surface area contributed by atoms with Gasteiger partial charge in [-0.05, 0) is 83.5 Å². The maximum Gasteiger partial charge on any atom is 0.306 e. The zero-order valence-electron chi connectivity index (χ0n) is 41.5. The van der Waals surface area contributed by atoms with Crippen molar-refractivity contribution < 1.29 is 73.8 Å². The average Bonchev–Trinajstić information content (AvgIpc) is 3.34.